The predicted octanol–water partition coefficient (Wildman–Crippen LogP) is 14.6. The number of rotatable bonds is 5. The fraction of sp³-hybridized carbons (Fsp3) is 0.0577. The van der Waals surface area contributed by atoms with Crippen LogP contribution in [0.25, 0.3) is 104 Å². The molecule has 0 spiro atoms. The summed E-state index contributed by atoms with van der Waals surface area (Å²) in [6, 6.07) is 64.4. The van der Waals surface area contributed by atoms with E-state index in [0.29, 0.717) is 17.6 Å². The molecule has 0 aliphatic rings. The lowest BCUT2D eigenvalue weighted by atomic mass is 10.00. The van der Waals surface area contributed by atoms with E-state index in [9.17, 15) is 0 Å². The van der Waals surface area contributed by atoms with Gasteiger partial charge in [-0.2, -0.15) is 9.97 Å². The van der Waals surface area contributed by atoms with Gasteiger partial charge in [-0.25, -0.2) is 4.98 Å². The smallest absolute Gasteiger partial charge is 0.238 e. The zero-order valence-corrected chi connectivity index (χ0v) is 32.5. The van der Waals surface area contributed by atoms with E-state index in [1.807, 2.05) is 35.6 Å². The van der Waals surface area contributed by atoms with Crippen molar-refractivity contribution < 1.29 is 0 Å². The summed E-state index contributed by atoms with van der Waals surface area (Å²) in [5.41, 5.74) is 8.61. The average Bonchev–Trinajstić information content (AvgIpc) is 3.83. The van der Waals surface area contributed by atoms with Gasteiger partial charge < -0.3 is 0 Å². The Balaban J connectivity index is 0.00000128. The molecule has 3 aromatic heterocycles. The summed E-state index contributed by atoms with van der Waals surface area (Å²) in [4.78, 5) is 15.7. The second-order valence-corrected chi connectivity index (χ2v) is 15.4. The SMILES string of the molecule is CCC.c1ccc(-c2ccc(-c3nc(-c4ccccc4)nc(-n4c5c(-c6ccc7c(c6)sc6ccccc67)cccc5c5ccc6ccccc6c54)n3)cc2)cc1. The number of para-hydroxylation sites is 1. The molecule has 4 nitrogen and oxygen atoms in total. The van der Waals surface area contributed by atoms with Gasteiger partial charge in [0.15, 0.2) is 11.6 Å². The highest BCUT2D eigenvalue weighted by Gasteiger charge is 2.22. The van der Waals surface area contributed by atoms with Crippen molar-refractivity contribution in [1.29, 1.82) is 0 Å². The highest BCUT2D eigenvalue weighted by molar-refractivity contribution is 7.25. The zero-order chi connectivity index (χ0) is 38.3. The zero-order valence-electron chi connectivity index (χ0n) is 31.7. The summed E-state index contributed by atoms with van der Waals surface area (Å²) >= 11 is 1.84. The minimum absolute atomic E-state index is 0.581. The molecule has 8 aromatic carbocycles. The summed E-state index contributed by atoms with van der Waals surface area (Å²) in [6.45, 7) is 4.25. The number of fused-ring (bicyclic) bond motifs is 8. The van der Waals surface area contributed by atoms with Crippen molar-refractivity contribution in [3.63, 3.8) is 0 Å². The molecule has 0 radical (unpaired) electrons. The van der Waals surface area contributed by atoms with Gasteiger partial charge in [0.05, 0.1) is 11.0 Å². The first-order chi connectivity index (χ1) is 28.2. The van der Waals surface area contributed by atoms with Crippen LogP contribution in [-0.4, -0.2) is 19.5 Å². The lowest BCUT2D eigenvalue weighted by molar-refractivity contribution is 0.955. The molecule has 0 bridgehead atoms. The Kier molecular flexibility index (Phi) is 8.85. The largest absolute Gasteiger partial charge is 0.277 e. The van der Waals surface area contributed by atoms with Crippen LogP contribution >= 0.6 is 11.3 Å². The minimum Gasteiger partial charge on any atom is -0.277 e. The summed E-state index contributed by atoms with van der Waals surface area (Å²) in [6.07, 6.45) is 1.25. The fourth-order valence-electron chi connectivity index (χ4n) is 7.91. The molecular weight excluding hydrogens is 713 g/mol. The third-order valence-corrected chi connectivity index (χ3v) is 11.6. The standard InChI is InChI=1S/C49H30N4S.C3H8/c1-3-12-31(13-4-1)32-22-24-35(25-23-32)48-50-47(34-15-5-2-6-16-34)51-49(52-48)53-45-37-17-8-7-14-33(37)26-29-42(45)41-20-11-19-38(46(41)53)36-27-28-40-39-18-9-10-21-43(39)54-44(40)30-36;1-3-2/h1-30H;3H2,1-2H3. The van der Waals surface area contributed by atoms with Crippen LogP contribution in [0.5, 0.6) is 0 Å². The maximum absolute atomic E-state index is 5.34. The van der Waals surface area contributed by atoms with E-state index < -0.39 is 0 Å². The van der Waals surface area contributed by atoms with Gasteiger partial charge in [0.1, 0.15) is 0 Å². The number of aromatic nitrogens is 4. The van der Waals surface area contributed by atoms with Gasteiger partial charge in [-0.15, -0.1) is 11.3 Å². The van der Waals surface area contributed by atoms with Crippen LogP contribution < -0.4 is 0 Å². The van der Waals surface area contributed by atoms with Crippen molar-refractivity contribution in [3.05, 3.63) is 182 Å². The summed E-state index contributed by atoms with van der Waals surface area (Å²) in [7, 11) is 0. The maximum atomic E-state index is 5.34. The molecule has 3 heterocycles. The summed E-state index contributed by atoms with van der Waals surface area (Å²) < 4.78 is 4.85. The van der Waals surface area contributed by atoms with E-state index in [4.69, 9.17) is 15.0 Å². The fourth-order valence-corrected chi connectivity index (χ4v) is 9.05. The molecule has 0 saturated heterocycles. The normalized spacial score (nSPS) is 11.4. The second kappa shape index (κ2) is 14.6. The number of nitrogens with zero attached hydrogens (tertiary/aromatic N) is 4. The van der Waals surface area contributed by atoms with Crippen LogP contribution in [0.2, 0.25) is 0 Å². The molecule has 11 rings (SSSR count). The third kappa shape index (κ3) is 6.13. The Morgan fingerprint density at radius 3 is 1.68 bits per heavy atom. The van der Waals surface area contributed by atoms with Crippen molar-refractivity contribution in [2.75, 3.05) is 0 Å². The monoisotopic (exact) mass is 750 g/mol. The van der Waals surface area contributed by atoms with E-state index in [0.717, 1.165) is 60.4 Å². The molecule has 0 saturated carbocycles. The topological polar surface area (TPSA) is 43.6 Å². The van der Waals surface area contributed by atoms with Crippen LogP contribution in [0.1, 0.15) is 20.3 Å². The van der Waals surface area contributed by atoms with E-state index >= 15 is 0 Å². The van der Waals surface area contributed by atoms with Gasteiger partial charge in [-0.05, 0) is 34.2 Å². The lowest BCUT2D eigenvalue weighted by Gasteiger charge is -2.14. The molecule has 0 atom stereocenters. The molecule has 0 unspecified atom stereocenters. The van der Waals surface area contributed by atoms with Gasteiger partial charge >= 0.3 is 0 Å². The first-order valence-corrected chi connectivity index (χ1v) is 20.3. The number of benzene rings is 8. The number of hydrogen-bond donors (Lipinski definition) is 0. The molecule has 57 heavy (non-hydrogen) atoms. The quantitative estimate of drug-likeness (QED) is 0.176. The van der Waals surface area contributed by atoms with E-state index in [1.165, 1.54) is 32.2 Å². The molecule has 0 N–H and O–H groups in total. The van der Waals surface area contributed by atoms with E-state index in [-0.39, 0.29) is 0 Å². The Labute approximate surface area is 335 Å². The van der Waals surface area contributed by atoms with Crippen molar-refractivity contribution in [3.8, 4) is 51.0 Å². The van der Waals surface area contributed by atoms with Gasteiger partial charge in [-0.3, -0.25) is 4.57 Å². The predicted molar refractivity (Wildman–Crippen MR) is 242 cm³/mol. The Morgan fingerprint density at radius 2 is 0.930 bits per heavy atom. The third-order valence-electron chi connectivity index (χ3n) is 10.5. The van der Waals surface area contributed by atoms with Crippen LogP contribution in [0, 0.1) is 0 Å². The minimum atomic E-state index is 0.581. The van der Waals surface area contributed by atoms with Crippen LogP contribution in [0.4, 0.5) is 0 Å². The Morgan fingerprint density at radius 1 is 0.404 bits per heavy atom. The lowest BCUT2D eigenvalue weighted by Crippen LogP contribution is -2.07. The molecule has 0 aliphatic heterocycles. The van der Waals surface area contributed by atoms with E-state index in [1.54, 1.807) is 0 Å². The van der Waals surface area contributed by atoms with Gasteiger partial charge in [0, 0.05) is 53.0 Å². The first kappa shape index (κ1) is 34.5. The number of thiophene rings is 1. The molecule has 272 valence electrons. The number of hydrogen-bond acceptors (Lipinski definition) is 4. The Bertz CT molecular complexity index is 3220. The van der Waals surface area contributed by atoms with Crippen molar-refractivity contribution in [2.24, 2.45) is 0 Å². The van der Waals surface area contributed by atoms with E-state index in [2.05, 4.69) is 176 Å². The molecule has 0 amide bonds. The first-order valence-electron chi connectivity index (χ1n) is 19.5. The summed E-state index contributed by atoms with van der Waals surface area (Å²) in [5.74, 6) is 1.83. The molecule has 0 aliphatic carbocycles. The highest BCUT2D eigenvalue weighted by atomic mass is 32.1. The van der Waals surface area contributed by atoms with Gasteiger partial charge in [0.2, 0.25) is 5.95 Å². The molecule has 5 heteroatoms. The second-order valence-electron chi connectivity index (χ2n) is 14.3. The highest BCUT2D eigenvalue weighted by Crippen LogP contribution is 2.43. The van der Waals surface area contributed by atoms with Crippen molar-refractivity contribution in [2.45, 2.75) is 20.3 Å². The molecule has 11 aromatic rings. The Hall–Kier alpha value is -6.95. The maximum Gasteiger partial charge on any atom is 0.238 e. The van der Waals surface area contributed by atoms with Crippen molar-refractivity contribution in [1.82, 2.24) is 19.5 Å². The van der Waals surface area contributed by atoms with Crippen LogP contribution in [0.15, 0.2) is 182 Å². The molecular formula is C52H38N4S. The average molecular weight is 751 g/mol. The van der Waals surface area contributed by atoms with Crippen LogP contribution in [0.3, 0.4) is 0 Å². The van der Waals surface area contributed by atoms with Crippen molar-refractivity contribution >= 4 is 64.1 Å². The van der Waals surface area contributed by atoms with Gasteiger partial charge in [-0.1, -0.05) is 190 Å². The van der Waals surface area contributed by atoms with Crippen LogP contribution in [-0.2, 0) is 0 Å². The summed E-state index contributed by atoms with van der Waals surface area (Å²) in [5, 5.41) is 7.20. The van der Waals surface area contributed by atoms with Gasteiger partial charge in [0.25, 0.3) is 0 Å². The molecule has 0 fully saturated rings.